The Kier molecular flexibility index (Phi) is 11.8. The molecule has 0 spiro atoms. The Morgan fingerprint density at radius 3 is 2.06 bits per heavy atom. The highest BCUT2D eigenvalue weighted by atomic mass is 79.9. The molecule has 0 aliphatic heterocycles. The number of methoxy groups -OCH3 is 1. The van der Waals surface area contributed by atoms with Gasteiger partial charge in [-0.1, -0.05) is 15.9 Å². The maximum Gasteiger partial charge on any atom is 0.320 e. The van der Waals surface area contributed by atoms with Gasteiger partial charge in [0.25, 0.3) is 0 Å². The first kappa shape index (κ1) is 17.8. The van der Waals surface area contributed by atoms with Crippen molar-refractivity contribution in [1.29, 1.82) is 0 Å². The number of hydrogen-bond acceptors (Lipinski definition) is 5. The highest BCUT2D eigenvalue weighted by molar-refractivity contribution is 9.10. The van der Waals surface area contributed by atoms with Crippen LogP contribution in [0.3, 0.4) is 0 Å². The summed E-state index contributed by atoms with van der Waals surface area (Å²) in [4.78, 5) is 13.2. The van der Waals surface area contributed by atoms with Gasteiger partial charge in [0.15, 0.2) is 0 Å². The second-order valence-electron chi connectivity index (χ2n) is 3.69. The average molecular weight is 326 g/mol. The van der Waals surface area contributed by atoms with Gasteiger partial charge in [-0.05, 0) is 13.8 Å². The van der Waals surface area contributed by atoms with Crippen LogP contribution in [-0.4, -0.2) is 68.9 Å². The molecule has 0 aromatic carbocycles. The number of ether oxygens (including phenoxy) is 3. The van der Waals surface area contributed by atoms with Gasteiger partial charge >= 0.3 is 5.97 Å². The fraction of sp³-hybridized carbons (Fsp3) is 0.917. The minimum atomic E-state index is -0.314. The van der Waals surface area contributed by atoms with Gasteiger partial charge in [-0.25, -0.2) is 0 Å². The number of rotatable bonds is 11. The zero-order chi connectivity index (χ0) is 13.8. The summed E-state index contributed by atoms with van der Waals surface area (Å²) in [6.45, 7) is 8.79. The smallest absolute Gasteiger partial charge is 0.320 e. The molecule has 0 bridgehead atoms. The summed E-state index contributed by atoms with van der Waals surface area (Å²) in [7, 11) is 1.39. The summed E-state index contributed by atoms with van der Waals surface area (Å²) < 4.78 is 15.3. The molecule has 1 atom stereocenters. The Balaban J connectivity index is 4.05. The highest BCUT2D eigenvalue weighted by Crippen LogP contribution is 2.05. The monoisotopic (exact) mass is 325 g/mol. The largest absolute Gasteiger partial charge is 0.468 e. The second-order valence-corrected chi connectivity index (χ2v) is 4.79. The minimum absolute atomic E-state index is 0.257. The van der Waals surface area contributed by atoms with E-state index in [1.807, 2.05) is 13.8 Å². The first-order valence-electron chi connectivity index (χ1n) is 6.25. The normalized spacial score (nSPS) is 12.7. The van der Waals surface area contributed by atoms with Crippen LogP contribution in [0.1, 0.15) is 13.8 Å². The van der Waals surface area contributed by atoms with Crippen LogP contribution in [0, 0.1) is 0 Å². The van der Waals surface area contributed by atoms with Crippen LogP contribution in [0.15, 0.2) is 0 Å². The molecule has 0 saturated carbocycles. The lowest BCUT2D eigenvalue weighted by molar-refractivity contribution is -0.140. The van der Waals surface area contributed by atoms with E-state index in [2.05, 4.69) is 25.6 Å². The lowest BCUT2D eigenvalue weighted by atomic mass is 10.3. The van der Waals surface area contributed by atoms with E-state index in [0.717, 1.165) is 13.1 Å². The van der Waals surface area contributed by atoms with Gasteiger partial charge in [0, 0.05) is 32.8 Å². The Labute approximate surface area is 118 Å². The lowest BCUT2D eigenvalue weighted by Gasteiger charge is -2.23. The standard InChI is InChI=1S/C12H24BrNO4/c1-4-17-8-6-14(7-9-18-5-2)10-11(13)12(15)16-3/h11H,4-10H2,1-3H3. The van der Waals surface area contributed by atoms with Gasteiger partial charge in [-0.2, -0.15) is 0 Å². The SMILES string of the molecule is CCOCCN(CCOCC)CC(Br)C(=O)OC. The number of halogens is 1. The molecule has 1 unspecified atom stereocenters. The fourth-order valence-electron chi connectivity index (χ4n) is 1.40. The van der Waals surface area contributed by atoms with Crippen LogP contribution in [-0.2, 0) is 19.0 Å². The van der Waals surface area contributed by atoms with Crippen molar-refractivity contribution < 1.29 is 19.0 Å². The quantitative estimate of drug-likeness (QED) is 0.325. The number of carbonyl (C=O) groups excluding carboxylic acids is 1. The third-order valence-corrected chi connectivity index (χ3v) is 3.05. The van der Waals surface area contributed by atoms with E-state index in [1.54, 1.807) is 0 Å². The van der Waals surface area contributed by atoms with Crippen LogP contribution in [0.2, 0.25) is 0 Å². The number of alkyl halides is 1. The van der Waals surface area contributed by atoms with Crippen molar-refractivity contribution in [3.8, 4) is 0 Å². The topological polar surface area (TPSA) is 48.0 Å². The van der Waals surface area contributed by atoms with Gasteiger partial charge in [-0.3, -0.25) is 9.69 Å². The maximum absolute atomic E-state index is 11.3. The Hall–Kier alpha value is -0.170. The third-order valence-electron chi connectivity index (χ3n) is 2.39. The summed E-state index contributed by atoms with van der Waals surface area (Å²) in [5.74, 6) is -0.257. The predicted octanol–water partition coefficient (Wildman–Crippen LogP) is 1.30. The molecule has 0 radical (unpaired) electrons. The number of hydrogen-bond donors (Lipinski definition) is 0. The first-order valence-corrected chi connectivity index (χ1v) is 7.16. The molecular formula is C12H24BrNO4. The molecule has 18 heavy (non-hydrogen) atoms. The van der Waals surface area contributed by atoms with Crippen molar-refractivity contribution >= 4 is 21.9 Å². The van der Waals surface area contributed by atoms with Crippen molar-refractivity contribution in [3.05, 3.63) is 0 Å². The van der Waals surface area contributed by atoms with Crippen molar-refractivity contribution in [1.82, 2.24) is 4.90 Å². The van der Waals surface area contributed by atoms with Crippen LogP contribution in [0.25, 0.3) is 0 Å². The molecular weight excluding hydrogens is 302 g/mol. The van der Waals surface area contributed by atoms with Gasteiger partial charge in [0.1, 0.15) is 4.83 Å². The molecule has 0 rings (SSSR count). The fourth-order valence-corrected chi connectivity index (χ4v) is 2.00. The van der Waals surface area contributed by atoms with Gasteiger partial charge in [0.05, 0.1) is 20.3 Å². The zero-order valence-corrected chi connectivity index (χ0v) is 13.1. The summed E-state index contributed by atoms with van der Waals surface area (Å²) in [6.07, 6.45) is 0. The molecule has 0 fully saturated rings. The Morgan fingerprint density at radius 1 is 1.17 bits per heavy atom. The molecule has 0 amide bonds. The van der Waals surface area contributed by atoms with E-state index in [0.29, 0.717) is 33.0 Å². The first-order chi connectivity index (χ1) is 8.65. The van der Waals surface area contributed by atoms with Crippen LogP contribution in [0.4, 0.5) is 0 Å². The predicted molar refractivity (Wildman–Crippen MR) is 74.2 cm³/mol. The van der Waals surface area contributed by atoms with E-state index in [4.69, 9.17) is 9.47 Å². The van der Waals surface area contributed by atoms with E-state index >= 15 is 0 Å². The molecule has 6 heteroatoms. The van der Waals surface area contributed by atoms with Gasteiger partial charge in [0.2, 0.25) is 0 Å². The Bertz CT molecular complexity index is 206. The van der Waals surface area contributed by atoms with Crippen molar-refractivity contribution in [2.24, 2.45) is 0 Å². The molecule has 0 N–H and O–H groups in total. The molecule has 108 valence electrons. The number of nitrogens with zero attached hydrogens (tertiary/aromatic N) is 1. The number of esters is 1. The summed E-state index contributed by atoms with van der Waals surface area (Å²) in [6, 6.07) is 0. The van der Waals surface area contributed by atoms with E-state index < -0.39 is 0 Å². The second kappa shape index (κ2) is 11.9. The molecule has 0 aliphatic rings. The van der Waals surface area contributed by atoms with Crippen molar-refractivity contribution in [2.45, 2.75) is 18.7 Å². The molecule has 0 aromatic heterocycles. The summed E-state index contributed by atoms with van der Waals surface area (Å²) in [5.41, 5.74) is 0. The lowest BCUT2D eigenvalue weighted by Crippen LogP contribution is -2.38. The minimum Gasteiger partial charge on any atom is -0.468 e. The zero-order valence-electron chi connectivity index (χ0n) is 11.5. The van der Waals surface area contributed by atoms with E-state index in [1.165, 1.54) is 7.11 Å². The summed E-state index contributed by atoms with van der Waals surface area (Å²) >= 11 is 3.32. The third kappa shape index (κ3) is 8.85. The number of carbonyl (C=O) groups is 1. The van der Waals surface area contributed by atoms with E-state index in [9.17, 15) is 4.79 Å². The average Bonchev–Trinajstić information content (AvgIpc) is 2.37. The van der Waals surface area contributed by atoms with E-state index in [-0.39, 0.29) is 10.8 Å². The molecule has 0 aromatic rings. The Morgan fingerprint density at radius 2 is 1.67 bits per heavy atom. The maximum atomic E-state index is 11.3. The van der Waals surface area contributed by atoms with Gasteiger partial charge < -0.3 is 14.2 Å². The van der Waals surface area contributed by atoms with Crippen molar-refractivity contribution in [2.75, 3.05) is 53.2 Å². The highest BCUT2D eigenvalue weighted by Gasteiger charge is 2.19. The van der Waals surface area contributed by atoms with Crippen LogP contribution >= 0.6 is 15.9 Å². The molecule has 0 aliphatic carbocycles. The van der Waals surface area contributed by atoms with Crippen LogP contribution < -0.4 is 0 Å². The van der Waals surface area contributed by atoms with Crippen LogP contribution in [0.5, 0.6) is 0 Å². The molecule has 0 heterocycles. The van der Waals surface area contributed by atoms with Crippen molar-refractivity contribution in [3.63, 3.8) is 0 Å². The van der Waals surface area contributed by atoms with Gasteiger partial charge in [-0.15, -0.1) is 0 Å². The summed E-state index contributed by atoms with van der Waals surface area (Å²) in [5, 5.41) is 0. The molecule has 0 saturated heterocycles. The molecule has 5 nitrogen and oxygen atoms in total.